The highest BCUT2D eigenvalue weighted by Crippen LogP contribution is 2.12. The molecular formula is C11H14N2O3. The maximum atomic E-state index is 11.6. The molecule has 1 rings (SSSR count). The van der Waals surface area contributed by atoms with Crippen LogP contribution in [0.4, 0.5) is 10.5 Å². The van der Waals surface area contributed by atoms with Crippen LogP contribution in [0.3, 0.4) is 0 Å². The van der Waals surface area contributed by atoms with Gasteiger partial charge in [0, 0.05) is 25.3 Å². The molecule has 1 aromatic rings. The van der Waals surface area contributed by atoms with Gasteiger partial charge in [0.25, 0.3) is 5.91 Å². The maximum Gasteiger partial charge on any atom is 0.411 e. The molecule has 0 saturated carbocycles. The zero-order chi connectivity index (χ0) is 12.1. The molecule has 0 unspecified atom stereocenters. The van der Waals surface area contributed by atoms with Crippen molar-refractivity contribution in [2.45, 2.75) is 0 Å². The monoisotopic (exact) mass is 222 g/mol. The molecule has 0 atom stereocenters. The fraction of sp³-hybridized carbons (Fsp3) is 0.273. The largest absolute Gasteiger partial charge is 0.453 e. The van der Waals surface area contributed by atoms with Crippen molar-refractivity contribution in [1.29, 1.82) is 0 Å². The van der Waals surface area contributed by atoms with Gasteiger partial charge in [-0.05, 0) is 18.2 Å². The summed E-state index contributed by atoms with van der Waals surface area (Å²) in [6.07, 6.45) is -0.561. The normalized spacial score (nSPS) is 9.44. The fourth-order valence-electron chi connectivity index (χ4n) is 1.16. The number of rotatable bonds is 2. The summed E-state index contributed by atoms with van der Waals surface area (Å²) in [4.78, 5) is 24.1. The van der Waals surface area contributed by atoms with Crippen LogP contribution in [0.15, 0.2) is 24.3 Å². The van der Waals surface area contributed by atoms with Crippen LogP contribution in [0.25, 0.3) is 0 Å². The number of nitrogens with zero attached hydrogens (tertiary/aromatic N) is 1. The van der Waals surface area contributed by atoms with Crippen LogP contribution >= 0.6 is 0 Å². The SMILES string of the molecule is COC(=O)Nc1cccc(C(=O)N(C)C)c1. The second-order valence-electron chi connectivity index (χ2n) is 3.40. The molecule has 1 N–H and O–H groups in total. The third-order valence-corrected chi connectivity index (χ3v) is 1.95. The van der Waals surface area contributed by atoms with Gasteiger partial charge in [-0.15, -0.1) is 0 Å². The number of carbonyl (C=O) groups excluding carboxylic acids is 2. The summed E-state index contributed by atoms with van der Waals surface area (Å²) in [6, 6.07) is 6.66. The van der Waals surface area contributed by atoms with Crippen molar-refractivity contribution in [2.24, 2.45) is 0 Å². The molecule has 0 heterocycles. The van der Waals surface area contributed by atoms with E-state index in [1.54, 1.807) is 38.4 Å². The van der Waals surface area contributed by atoms with Crippen molar-refractivity contribution >= 4 is 17.7 Å². The number of benzene rings is 1. The number of hydrogen-bond donors (Lipinski definition) is 1. The first-order valence-electron chi connectivity index (χ1n) is 4.71. The van der Waals surface area contributed by atoms with Gasteiger partial charge in [-0.25, -0.2) is 4.79 Å². The molecule has 0 aromatic heterocycles. The topological polar surface area (TPSA) is 58.6 Å². The Balaban J connectivity index is 2.87. The fourth-order valence-corrected chi connectivity index (χ4v) is 1.16. The molecule has 0 spiro atoms. The number of amides is 2. The van der Waals surface area contributed by atoms with E-state index in [9.17, 15) is 9.59 Å². The lowest BCUT2D eigenvalue weighted by Gasteiger charge is -2.11. The molecule has 86 valence electrons. The van der Waals surface area contributed by atoms with Crippen LogP contribution in [0.2, 0.25) is 0 Å². The summed E-state index contributed by atoms with van der Waals surface area (Å²) < 4.78 is 4.46. The average Bonchev–Trinajstić information content (AvgIpc) is 2.28. The van der Waals surface area contributed by atoms with Gasteiger partial charge in [-0.2, -0.15) is 0 Å². The van der Waals surface area contributed by atoms with Crippen molar-refractivity contribution in [2.75, 3.05) is 26.5 Å². The van der Waals surface area contributed by atoms with Gasteiger partial charge in [0.15, 0.2) is 0 Å². The molecule has 0 aliphatic heterocycles. The first kappa shape index (κ1) is 12.0. The summed E-state index contributed by atoms with van der Waals surface area (Å²) >= 11 is 0. The van der Waals surface area contributed by atoms with E-state index in [1.807, 2.05) is 0 Å². The lowest BCUT2D eigenvalue weighted by molar-refractivity contribution is 0.0827. The van der Waals surface area contributed by atoms with Gasteiger partial charge in [0.05, 0.1) is 7.11 Å². The Morgan fingerprint density at radius 2 is 2.00 bits per heavy atom. The van der Waals surface area contributed by atoms with Crippen molar-refractivity contribution in [3.05, 3.63) is 29.8 Å². The zero-order valence-corrected chi connectivity index (χ0v) is 9.48. The minimum Gasteiger partial charge on any atom is -0.453 e. The molecule has 1 aromatic carbocycles. The molecule has 0 radical (unpaired) electrons. The highest BCUT2D eigenvalue weighted by Gasteiger charge is 2.09. The Morgan fingerprint density at radius 3 is 2.56 bits per heavy atom. The van der Waals surface area contributed by atoms with E-state index >= 15 is 0 Å². The van der Waals surface area contributed by atoms with Crippen molar-refractivity contribution in [3.8, 4) is 0 Å². The van der Waals surface area contributed by atoms with Gasteiger partial charge >= 0.3 is 6.09 Å². The van der Waals surface area contributed by atoms with E-state index < -0.39 is 6.09 Å². The van der Waals surface area contributed by atoms with Crippen LogP contribution < -0.4 is 5.32 Å². The summed E-state index contributed by atoms with van der Waals surface area (Å²) in [6.45, 7) is 0. The lowest BCUT2D eigenvalue weighted by Crippen LogP contribution is -2.21. The number of anilines is 1. The Morgan fingerprint density at radius 1 is 1.31 bits per heavy atom. The van der Waals surface area contributed by atoms with E-state index in [-0.39, 0.29) is 5.91 Å². The van der Waals surface area contributed by atoms with Crippen LogP contribution in [0, 0.1) is 0 Å². The van der Waals surface area contributed by atoms with E-state index in [1.165, 1.54) is 12.0 Å². The van der Waals surface area contributed by atoms with Crippen LogP contribution in [0.5, 0.6) is 0 Å². The first-order chi connectivity index (χ1) is 7.54. The summed E-state index contributed by atoms with van der Waals surface area (Å²) in [5.74, 6) is -0.117. The van der Waals surface area contributed by atoms with E-state index in [2.05, 4.69) is 10.1 Å². The van der Waals surface area contributed by atoms with E-state index in [0.29, 0.717) is 11.3 Å². The zero-order valence-electron chi connectivity index (χ0n) is 9.48. The first-order valence-corrected chi connectivity index (χ1v) is 4.71. The molecule has 5 heteroatoms. The minimum atomic E-state index is -0.561. The van der Waals surface area contributed by atoms with Crippen molar-refractivity contribution < 1.29 is 14.3 Å². The second kappa shape index (κ2) is 5.16. The standard InChI is InChI=1S/C11H14N2O3/c1-13(2)10(14)8-5-4-6-9(7-8)12-11(15)16-3/h4-7H,1-3H3,(H,12,15). The molecule has 16 heavy (non-hydrogen) atoms. The molecule has 5 nitrogen and oxygen atoms in total. The smallest absolute Gasteiger partial charge is 0.411 e. The highest BCUT2D eigenvalue weighted by molar-refractivity contribution is 5.95. The van der Waals surface area contributed by atoms with Gasteiger partial charge < -0.3 is 9.64 Å². The molecule has 0 aliphatic carbocycles. The summed E-state index contributed by atoms with van der Waals surface area (Å²) in [7, 11) is 4.62. The maximum absolute atomic E-state index is 11.6. The Hall–Kier alpha value is -2.04. The molecule has 0 bridgehead atoms. The predicted molar refractivity (Wildman–Crippen MR) is 60.5 cm³/mol. The van der Waals surface area contributed by atoms with E-state index in [4.69, 9.17) is 0 Å². The van der Waals surface area contributed by atoms with Gasteiger partial charge in [-0.3, -0.25) is 10.1 Å². The number of hydrogen-bond acceptors (Lipinski definition) is 3. The van der Waals surface area contributed by atoms with Crippen LogP contribution in [-0.2, 0) is 4.74 Å². The third-order valence-electron chi connectivity index (χ3n) is 1.95. The number of carbonyl (C=O) groups is 2. The number of nitrogens with one attached hydrogen (secondary N) is 1. The summed E-state index contributed by atoms with van der Waals surface area (Å²) in [5, 5.41) is 2.49. The molecular weight excluding hydrogens is 208 g/mol. The van der Waals surface area contributed by atoms with Gasteiger partial charge in [-0.1, -0.05) is 6.07 Å². The van der Waals surface area contributed by atoms with Crippen LogP contribution in [-0.4, -0.2) is 38.1 Å². The highest BCUT2D eigenvalue weighted by atomic mass is 16.5. The average molecular weight is 222 g/mol. The van der Waals surface area contributed by atoms with E-state index in [0.717, 1.165) is 0 Å². The van der Waals surface area contributed by atoms with Crippen molar-refractivity contribution in [1.82, 2.24) is 4.90 Å². The minimum absolute atomic E-state index is 0.117. The van der Waals surface area contributed by atoms with Crippen LogP contribution in [0.1, 0.15) is 10.4 Å². The molecule has 0 aliphatic rings. The second-order valence-corrected chi connectivity index (χ2v) is 3.40. The van der Waals surface area contributed by atoms with Gasteiger partial charge in [0.2, 0.25) is 0 Å². The Bertz CT molecular complexity index is 402. The predicted octanol–water partition coefficient (Wildman–Crippen LogP) is 1.57. The lowest BCUT2D eigenvalue weighted by atomic mass is 10.2. The molecule has 0 fully saturated rings. The third kappa shape index (κ3) is 2.98. The quantitative estimate of drug-likeness (QED) is 0.826. The van der Waals surface area contributed by atoms with Crippen molar-refractivity contribution in [3.63, 3.8) is 0 Å². The number of methoxy groups -OCH3 is 1. The van der Waals surface area contributed by atoms with Gasteiger partial charge in [0.1, 0.15) is 0 Å². The molecule has 2 amide bonds. The Kier molecular flexibility index (Phi) is 3.88. The number of ether oxygens (including phenoxy) is 1. The Labute approximate surface area is 94.0 Å². The summed E-state index contributed by atoms with van der Waals surface area (Å²) in [5.41, 5.74) is 1.04. The molecule has 0 saturated heterocycles.